The summed E-state index contributed by atoms with van der Waals surface area (Å²) < 4.78 is 3.00. The Labute approximate surface area is 113 Å². The van der Waals surface area contributed by atoms with E-state index in [1.165, 1.54) is 0 Å². The fraction of sp³-hybridized carbons (Fsp3) is 0.273. The van der Waals surface area contributed by atoms with Gasteiger partial charge >= 0.3 is 0 Å². The smallest absolute Gasteiger partial charge is 0.195 e. The highest BCUT2D eigenvalue weighted by Crippen LogP contribution is 2.29. The Kier molecular flexibility index (Phi) is 3.86. The first-order valence-electron chi connectivity index (χ1n) is 5.14. The van der Waals surface area contributed by atoms with Crippen molar-refractivity contribution in [3.63, 3.8) is 0 Å². The van der Waals surface area contributed by atoms with Gasteiger partial charge in [-0.15, -0.1) is 10.2 Å². The molecule has 6 heteroatoms. The lowest BCUT2D eigenvalue weighted by Gasteiger charge is -2.05. The van der Waals surface area contributed by atoms with Crippen LogP contribution in [0.15, 0.2) is 32.7 Å². The molecule has 0 saturated heterocycles. The van der Waals surface area contributed by atoms with Crippen LogP contribution in [0.3, 0.4) is 0 Å². The van der Waals surface area contributed by atoms with Crippen LogP contribution >= 0.6 is 27.7 Å². The molecular formula is C11H13BrN4S. The van der Waals surface area contributed by atoms with Gasteiger partial charge in [0.1, 0.15) is 5.82 Å². The molecule has 0 bridgehead atoms. The highest BCUT2D eigenvalue weighted by Gasteiger charge is 2.08. The molecule has 0 amide bonds. The molecule has 0 saturated carbocycles. The van der Waals surface area contributed by atoms with E-state index in [0.29, 0.717) is 6.54 Å². The summed E-state index contributed by atoms with van der Waals surface area (Å²) >= 11 is 5.10. The molecule has 0 spiro atoms. The van der Waals surface area contributed by atoms with Crippen molar-refractivity contribution in [2.75, 3.05) is 0 Å². The predicted molar refractivity (Wildman–Crippen MR) is 71.9 cm³/mol. The van der Waals surface area contributed by atoms with Gasteiger partial charge in [-0.05, 0) is 36.4 Å². The molecule has 0 aliphatic carbocycles. The van der Waals surface area contributed by atoms with Crippen molar-refractivity contribution in [1.29, 1.82) is 0 Å². The minimum absolute atomic E-state index is 0.536. The molecule has 0 fully saturated rings. The number of benzene rings is 1. The molecule has 90 valence electrons. The van der Waals surface area contributed by atoms with Crippen molar-refractivity contribution in [2.45, 2.75) is 23.5 Å². The first-order chi connectivity index (χ1) is 8.11. The molecule has 17 heavy (non-hydrogen) atoms. The second kappa shape index (κ2) is 5.20. The van der Waals surface area contributed by atoms with Crippen LogP contribution in [0, 0.1) is 6.92 Å². The molecule has 2 N–H and O–H groups in total. The van der Waals surface area contributed by atoms with E-state index in [9.17, 15) is 0 Å². The number of aryl methyl sites for hydroxylation is 1. The van der Waals surface area contributed by atoms with Crippen LogP contribution in [0.5, 0.6) is 0 Å². The van der Waals surface area contributed by atoms with Gasteiger partial charge in [0.2, 0.25) is 0 Å². The second-order valence-electron chi connectivity index (χ2n) is 3.65. The lowest BCUT2D eigenvalue weighted by atomic mass is 10.2. The average molecular weight is 313 g/mol. The highest BCUT2D eigenvalue weighted by atomic mass is 79.9. The van der Waals surface area contributed by atoms with E-state index >= 15 is 0 Å². The summed E-state index contributed by atoms with van der Waals surface area (Å²) in [7, 11) is 1.96. The van der Waals surface area contributed by atoms with E-state index in [1.807, 2.05) is 30.7 Å². The molecule has 2 rings (SSSR count). The first kappa shape index (κ1) is 12.6. The number of hydrogen-bond acceptors (Lipinski definition) is 4. The van der Waals surface area contributed by atoms with Crippen LogP contribution in [0.25, 0.3) is 0 Å². The summed E-state index contributed by atoms with van der Waals surface area (Å²) in [4.78, 5) is 1.12. The van der Waals surface area contributed by atoms with E-state index in [1.54, 1.807) is 11.8 Å². The van der Waals surface area contributed by atoms with Crippen molar-refractivity contribution < 1.29 is 0 Å². The molecule has 2 aromatic rings. The van der Waals surface area contributed by atoms with Gasteiger partial charge in [0, 0.05) is 23.0 Å². The zero-order valence-electron chi connectivity index (χ0n) is 9.64. The van der Waals surface area contributed by atoms with E-state index in [4.69, 9.17) is 5.73 Å². The lowest BCUT2D eigenvalue weighted by Crippen LogP contribution is -1.97. The Morgan fingerprint density at radius 2 is 2.18 bits per heavy atom. The van der Waals surface area contributed by atoms with E-state index in [0.717, 1.165) is 25.9 Å². The average Bonchev–Trinajstić information content (AvgIpc) is 2.61. The molecule has 1 aromatic carbocycles. The van der Waals surface area contributed by atoms with Crippen LogP contribution < -0.4 is 5.73 Å². The van der Waals surface area contributed by atoms with Crippen LogP contribution in [0.2, 0.25) is 0 Å². The Morgan fingerprint density at radius 1 is 1.41 bits per heavy atom. The molecule has 1 heterocycles. The Bertz CT molecular complexity index is 538. The Hall–Kier alpha value is -0.850. The number of hydrogen-bond donors (Lipinski definition) is 1. The number of aromatic nitrogens is 3. The van der Waals surface area contributed by atoms with Crippen LogP contribution in [-0.4, -0.2) is 14.8 Å². The van der Waals surface area contributed by atoms with Gasteiger partial charge in [0.25, 0.3) is 0 Å². The Morgan fingerprint density at radius 3 is 2.71 bits per heavy atom. The maximum Gasteiger partial charge on any atom is 0.195 e. The molecule has 0 radical (unpaired) electrons. The summed E-state index contributed by atoms with van der Waals surface area (Å²) in [6.45, 7) is 2.47. The molecule has 0 unspecified atom stereocenters. The molecule has 0 aliphatic heterocycles. The summed E-state index contributed by atoms with van der Waals surface area (Å²) in [5, 5.41) is 9.03. The van der Waals surface area contributed by atoms with Gasteiger partial charge in [-0.2, -0.15) is 0 Å². The third-order valence-electron chi connectivity index (χ3n) is 2.51. The quantitative estimate of drug-likeness (QED) is 0.946. The SMILES string of the molecule is Cc1nnc(Sc2ccc(CN)c(Br)c2)n1C. The molecule has 0 aliphatic rings. The monoisotopic (exact) mass is 312 g/mol. The number of halogens is 1. The number of nitrogens with zero attached hydrogens (tertiary/aromatic N) is 3. The molecular weight excluding hydrogens is 300 g/mol. The Balaban J connectivity index is 2.25. The molecule has 4 nitrogen and oxygen atoms in total. The van der Waals surface area contributed by atoms with Gasteiger partial charge in [-0.25, -0.2) is 0 Å². The summed E-state index contributed by atoms with van der Waals surface area (Å²) in [5.41, 5.74) is 6.72. The lowest BCUT2D eigenvalue weighted by molar-refractivity contribution is 0.765. The van der Waals surface area contributed by atoms with Gasteiger partial charge in [-0.1, -0.05) is 22.0 Å². The van der Waals surface area contributed by atoms with Crippen molar-refractivity contribution in [2.24, 2.45) is 12.8 Å². The van der Waals surface area contributed by atoms with Crippen LogP contribution in [0.1, 0.15) is 11.4 Å². The summed E-state index contributed by atoms with van der Waals surface area (Å²) in [6, 6.07) is 6.12. The minimum Gasteiger partial charge on any atom is -0.326 e. The summed E-state index contributed by atoms with van der Waals surface area (Å²) in [5.74, 6) is 0.908. The third-order valence-corrected chi connectivity index (χ3v) is 4.27. The van der Waals surface area contributed by atoms with E-state index < -0.39 is 0 Å². The first-order valence-corrected chi connectivity index (χ1v) is 6.75. The molecule has 1 aromatic heterocycles. The summed E-state index contributed by atoms with van der Waals surface area (Å²) in [6.07, 6.45) is 0. The van der Waals surface area contributed by atoms with Crippen molar-refractivity contribution in [3.8, 4) is 0 Å². The zero-order valence-corrected chi connectivity index (χ0v) is 12.0. The third kappa shape index (κ3) is 2.70. The van der Waals surface area contributed by atoms with E-state index in [2.05, 4.69) is 32.2 Å². The van der Waals surface area contributed by atoms with Crippen molar-refractivity contribution in [3.05, 3.63) is 34.1 Å². The van der Waals surface area contributed by atoms with Gasteiger partial charge in [-0.3, -0.25) is 0 Å². The fourth-order valence-corrected chi connectivity index (χ4v) is 2.91. The topological polar surface area (TPSA) is 56.7 Å². The molecule has 0 atom stereocenters. The van der Waals surface area contributed by atoms with Crippen molar-refractivity contribution in [1.82, 2.24) is 14.8 Å². The minimum atomic E-state index is 0.536. The fourth-order valence-electron chi connectivity index (χ4n) is 1.34. The largest absolute Gasteiger partial charge is 0.326 e. The second-order valence-corrected chi connectivity index (χ2v) is 5.54. The standard InChI is InChI=1S/C11H13BrN4S/c1-7-14-15-11(16(7)2)17-9-4-3-8(6-13)10(12)5-9/h3-5H,6,13H2,1-2H3. The van der Waals surface area contributed by atoms with Gasteiger partial charge in [0.15, 0.2) is 5.16 Å². The normalized spacial score (nSPS) is 10.8. The maximum absolute atomic E-state index is 5.62. The van der Waals surface area contributed by atoms with Crippen LogP contribution in [0.4, 0.5) is 0 Å². The predicted octanol–water partition coefficient (Wildman–Crippen LogP) is 2.50. The highest BCUT2D eigenvalue weighted by molar-refractivity contribution is 9.10. The van der Waals surface area contributed by atoms with Crippen molar-refractivity contribution >= 4 is 27.7 Å². The zero-order chi connectivity index (χ0) is 12.4. The van der Waals surface area contributed by atoms with Gasteiger partial charge in [0.05, 0.1) is 0 Å². The van der Waals surface area contributed by atoms with E-state index in [-0.39, 0.29) is 0 Å². The number of nitrogens with two attached hydrogens (primary N) is 1. The maximum atomic E-state index is 5.62. The number of rotatable bonds is 3. The van der Waals surface area contributed by atoms with Gasteiger partial charge < -0.3 is 10.3 Å². The van der Waals surface area contributed by atoms with Crippen LogP contribution in [-0.2, 0) is 13.6 Å².